The molecule has 2 N–H and O–H groups in total. The zero-order chi connectivity index (χ0) is 14.9. The van der Waals surface area contributed by atoms with Crippen LogP contribution in [0, 0.1) is 0 Å². The van der Waals surface area contributed by atoms with Crippen molar-refractivity contribution in [2.45, 2.75) is 57.7 Å². The number of thiophene rings is 1. The van der Waals surface area contributed by atoms with E-state index in [2.05, 4.69) is 35.1 Å². The van der Waals surface area contributed by atoms with Gasteiger partial charge in [0, 0.05) is 42.6 Å². The van der Waals surface area contributed by atoms with Crippen molar-refractivity contribution in [3.05, 3.63) is 21.9 Å². The average molecular weight is 308 g/mol. The molecule has 118 valence electrons. The molecule has 0 amide bonds. The Balaban J connectivity index is 1.75. The van der Waals surface area contributed by atoms with E-state index >= 15 is 0 Å². The summed E-state index contributed by atoms with van der Waals surface area (Å²) in [6.45, 7) is 10.2. The first-order valence-electron chi connectivity index (χ1n) is 8.39. The molecule has 2 aliphatic rings. The van der Waals surface area contributed by atoms with Gasteiger partial charge in [-0.1, -0.05) is 0 Å². The Bertz CT molecular complexity index is 470. The normalized spacial score (nSPS) is 28.6. The van der Waals surface area contributed by atoms with Gasteiger partial charge >= 0.3 is 0 Å². The summed E-state index contributed by atoms with van der Waals surface area (Å²) in [6.07, 6.45) is 4.97. The molecule has 1 unspecified atom stereocenters. The van der Waals surface area contributed by atoms with Crippen LogP contribution in [0.25, 0.3) is 0 Å². The van der Waals surface area contributed by atoms with Crippen molar-refractivity contribution < 1.29 is 0 Å². The first kappa shape index (κ1) is 15.5. The van der Waals surface area contributed by atoms with Gasteiger partial charge in [-0.15, -0.1) is 11.3 Å². The summed E-state index contributed by atoms with van der Waals surface area (Å²) in [5, 5.41) is 2.25. The van der Waals surface area contributed by atoms with Crippen LogP contribution in [0.1, 0.15) is 43.6 Å². The zero-order valence-corrected chi connectivity index (χ0v) is 14.3. The minimum atomic E-state index is 0.225. The number of likely N-dealkylation sites (tertiary alicyclic amines) is 1. The van der Waals surface area contributed by atoms with E-state index < -0.39 is 0 Å². The minimum Gasteiger partial charge on any atom is -0.329 e. The fourth-order valence-corrected chi connectivity index (χ4v) is 4.91. The van der Waals surface area contributed by atoms with Crippen LogP contribution in [0.4, 0.5) is 0 Å². The van der Waals surface area contributed by atoms with E-state index in [1.54, 1.807) is 10.4 Å². The molecule has 0 aromatic carbocycles. The summed E-state index contributed by atoms with van der Waals surface area (Å²) in [6, 6.07) is 2.97. The molecule has 3 rings (SSSR count). The van der Waals surface area contributed by atoms with Crippen LogP contribution in [0.2, 0.25) is 0 Å². The third-order valence-electron chi connectivity index (χ3n) is 5.54. The maximum absolute atomic E-state index is 6.30. The van der Waals surface area contributed by atoms with E-state index in [1.165, 1.54) is 45.3 Å². The Hall–Kier alpha value is -0.420. The molecule has 0 radical (unpaired) electrons. The number of hydrogen-bond acceptors (Lipinski definition) is 4. The van der Waals surface area contributed by atoms with E-state index in [0.717, 1.165) is 13.1 Å². The molecule has 1 aromatic heterocycles. The van der Waals surface area contributed by atoms with Crippen molar-refractivity contribution in [1.29, 1.82) is 0 Å². The summed E-state index contributed by atoms with van der Waals surface area (Å²) >= 11 is 1.92. The molecule has 1 fully saturated rings. The lowest BCUT2D eigenvalue weighted by Crippen LogP contribution is -2.55. The van der Waals surface area contributed by atoms with Crippen LogP contribution in [-0.4, -0.2) is 47.6 Å². The van der Waals surface area contributed by atoms with Crippen LogP contribution in [-0.2, 0) is 13.0 Å². The fourth-order valence-electron chi connectivity index (χ4n) is 4.02. The first-order valence-corrected chi connectivity index (χ1v) is 9.27. The van der Waals surface area contributed by atoms with E-state index in [9.17, 15) is 0 Å². The molecule has 3 nitrogen and oxygen atoms in total. The Morgan fingerprint density at radius 2 is 2.14 bits per heavy atom. The summed E-state index contributed by atoms with van der Waals surface area (Å²) < 4.78 is 0. The quantitative estimate of drug-likeness (QED) is 0.932. The Labute approximate surface area is 133 Å². The zero-order valence-electron chi connectivity index (χ0n) is 13.5. The monoisotopic (exact) mass is 307 g/mol. The summed E-state index contributed by atoms with van der Waals surface area (Å²) in [4.78, 5) is 6.92. The molecule has 2 aliphatic heterocycles. The van der Waals surface area contributed by atoms with Gasteiger partial charge in [-0.3, -0.25) is 4.90 Å². The Kier molecular flexibility index (Phi) is 4.69. The van der Waals surface area contributed by atoms with Gasteiger partial charge in [0.2, 0.25) is 0 Å². The lowest BCUT2D eigenvalue weighted by Gasteiger charge is -2.45. The Morgan fingerprint density at radius 1 is 1.29 bits per heavy atom. The number of nitrogens with zero attached hydrogens (tertiary/aromatic N) is 2. The van der Waals surface area contributed by atoms with Gasteiger partial charge in [-0.05, 0) is 63.1 Å². The molecular weight excluding hydrogens is 278 g/mol. The van der Waals surface area contributed by atoms with Crippen molar-refractivity contribution >= 4 is 11.3 Å². The predicted octanol–water partition coefficient (Wildman–Crippen LogP) is 2.70. The fraction of sp³-hybridized carbons (Fsp3) is 0.765. The second-order valence-electron chi connectivity index (χ2n) is 6.95. The highest BCUT2D eigenvalue weighted by atomic mass is 32.1. The first-order chi connectivity index (χ1) is 10.1. The summed E-state index contributed by atoms with van der Waals surface area (Å²) in [5.41, 5.74) is 8.07. The van der Waals surface area contributed by atoms with Crippen molar-refractivity contribution in [1.82, 2.24) is 9.80 Å². The van der Waals surface area contributed by atoms with Gasteiger partial charge in [-0.2, -0.15) is 0 Å². The van der Waals surface area contributed by atoms with Crippen molar-refractivity contribution in [3.8, 4) is 0 Å². The maximum Gasteiger partial charge on any atom is 0.0348 e. The predicted molar refractivity (Wildman–Crippen MR) is 90.8 cm³/mol. The third kappa shape index (κ3) is 3.04. The van der Waals surface area contributed by atoms with E-state index in [1.807, 2.05) is 11.3 Å². The highest BCUT2D eigenvalue weighted by molar-refractivity contribution is 7.10. The lowest BCUT2D eigenvalue weighted by atomic mass is 9.86. The van der Waals surface area contributed by atoms with Crippen molar-refractivity contribution in [2.24, 2.45) is 5.73 Å². The standard InChI is InChI=1S/C17H29N3S/c1-14(2)19-8-3-6-17(13-18,7-10-19)20-9-4-16-15(12-20)5-11-21-16/h5,11,14H,3-4,6-10,12-13,18H2,1-2H3. The van der Waals surface area contributed by atoms with Gasteiger partial charge in [0.25, 0.3) is 0 Å². The molecule has 21 heavy (non-hydrogen) atoms. The molecule has 1 aromatic rings. The maximum atomic E-state index is 6.30. The number of rotatable bonds is 3. The van der Waals surface area contributed by atoms with Gasteiger partial charge < -0.3 is 10.6 Å². The molecule has 1 saturated heterocycles. The van der Waals surface area contributed by atoms with Gasteiger partial charge in [-0.25, -0.2) is 0 Å². The molecule has 0 spiro atoms. The SMILES string of the molecule is CC(C)N1CCCC(CN)(N2CCc3sccc3C2)CC1. The number of hydrogen-bond donors (Lipinski definition) is 1. The number of nitrogens with two attached hydrogens (primary N) is 1. The summed E-state index contributed by atoms with van der Waals surface area (Å²) in [5.74, 6) is 0. The van der Waals surface area contributed by atoms with Gasteiger partial charge in [0.1, 0.15) is 0 Å². The second-order valence-corrected chi connectivity index (χ2v) is 7.95. The minimum absolute atomic E-state index is 0.225. The van der Waals surface area contributed by atoms with E-state index in [0.29, 0.717) is 6.04 Å². The topological polar surface area (TPSA) is 32.5 Å². The van der Waals surface area contributed by atoms with E-state index in [-0.39, 0.29) is 5.54 Å². The number of fused-ring (bicyclic) bond motifs is 1. The highest BCUT2D eigenvalue weighted by Gasteiger charge is 2.38. The highest BCUT2D eigenvalue weighted by Crippen LogP contribution is 2.34. The molecule has 4 heteroatoms. The average Bonchev–Trinajstić information content (AvgIpc) is 2.84. The lowest BCUT2D eigenvalue weighted by molar-refractivity contribution is 0.0640. The molecule has 0 bridgehead atoms. The van der Waals surface area contributed by atoms with Crippen LogP contribution in [0.5, 0.6) is 0 Å². The smallest absolute Gasteiger partial charge is 0.0348 e. The summed E-state index contributed by atoms with van der Waals surface area (Å²) in [7, 11) is 0. The van der Waals surface area contributed by atoms with Crippen LogP contribution < -0.4 is 5.73 Å². The van der Waals surface area contributed by atoms with Crippen molar-refractivity contribution in [3.63, 3.8) is 0 Å². The van der Waals surface area contributed by atoms with E-state index in [4.69, 9.17) is 5.73 Å². The van der Waals surface area contributed by atoms with Crippen LogP contribution in [0.3, 0.4) is 0 Å². The van der Waals surface area contributed by atoms with Crippen LogP contribution in [0.15, 0.2) is 11.4 Å². The second kappa shape index (κ2) is 6.37. The van der Waals surface area contributed by atoms with Crippen molar-refractivity contribution in [2.75, 3.05) is 26.2 Å². The molecule has 0 aliphatic carbocycles. The molecule has 3 heterocycles. The molecule has 0 saturated carbocycles. The van der Waals surface area contributed by atoms with Crippen LogP contribution >= 0.6 is 11.3 Å². The molecular formula is C17H29N3S. The largest absolute Gasteiger partial charge is 0.329 e. The molecule has 1 atom stereocenters. The van der Waals surface area contributed by atoms with Gasteiger partial charge in [0.15, 0.2) is 0 Å². The Morgan fingerprint density at radius 3 is 2.90 bits per heavy atom. The third-order valence-corrected chi connectivity index (χ3v) is 6.56. The van der Waals surface area contributed by atoms with Gasteiger partial charge in [0.05, 0.1) is 0 Å².